The number of thiophene rings is 1. The molecule has 1 fully saturated rings. The highest BCUT2D eigenvalue weighted by Crippen LogP contribution is 2.33. The molecule has 0 aliphatic carbocycles. The molecule has 3 aromatic rings. The van der Waals surface area contributed by atoms with Crippen LogP contribution in [-0.2, 0) is 4.79 Å². The molecule has 0 aromatic carbocycles. The molecule has 0 saturated carbocycles. The minimum absolute atomic E-state index is 0.0757. The predicted octanol–water partition coefficient (Wildman–Crippen LogP) is 4.77. The van der Waals surface area contributed by atoms with Gasteiger partial charge in [-0.15, -0.1) is 11.3 Å². The number of aromatic amines is 1. The van der Waals surface area contributed by atoms with Gasteiger partial charge in [-0.3, -0.25) is 19.4 Å². The van der Waals surface area contributed by atoms with Crippen molar-refractivity contribution in [1.82, 2.24) is 24.6 Å². The highest BCUT2D eigenvalue weighted by atomic mass is 32.1. The highest BCUT2D eigenvalue weighted by Gasteiger charge is 2.32. The standard InChI is InChI=1S/C20H23N5OS2/c1-14(25-18(22-23-20(25)27)17-7-5-13-28-17)19(26)24-12-4-2-3-6-16(24)15-8-10-21-11-9-15/h5,7-11,13-14,16H,2-4,6,12H2,1H3,(H,23,27). The number of H-pyrrole nitrogens is 1. The molecule has 2 atom stereocenters. The number of pyridine rings is 1. The molecule has 3 aromatic heterocycles. The molecule has 0 bridgehead atoms. The largest absolute Gasteiger partial charge is 0.334 e. The first-order valence-electron chi connectivity index (χ1n) is 9.58. The van der Waals surface area contributed by atoms with E-state index in [0.717, 1.165) is 48.5 Å². The van der Waals surface area contributed by atoms with Crippen LogP contribution >= 0.6 is 23.6 Å². The van der Waals surface area contributed by atoms with Crippen molar-refractivity contribution in [3.63, 3.8) is 0 Å². The molecular formula is C20H23N5OS2. The number of likely N-dealkylation sites (tertiary alicyclic amines) is 1. The molecule has 1 amide bonds. The van der Waals surface area contributed by atoms with E-state index >= 15 is 0 Å². The smallest absolute Gasteiger partial charge is 0.246 e. The Bertz CT molecular complexity index is 980. The molecule has 1 aliphatic rings. The SMILES string of the molecule is CC(C(=O)N1CCCCCC1c1ccncc1)n1c(-c2cccs2)n[nH]c1=S. The molecule has 0 spiro atoms. The van der Waals surface area contributed by atoms with Crippen LogP contribution in [0.4, 0.5) is 0 Å². The number of nitrogens with zero attached hydrogens (tertiary/aromatic N) is 4. The van der Waals surface area contributed by atoms with E-state index in [-0.39, 0.29) is 11.9 Å². The summed E-state index contributed by atoms with van der Waals surface area (Å²) in [5.74, 6) is 0.801. The van der Waals surface area contributed by atoms with Gasteiger partial charge in [-0.2, -0.15) is 5.10 Å². The maximum atomic E-state index is 13.6. The third-order valence-corrected chi connectivity index (χ3v) is 6.47. The van der Waals surface area contributed by atoms with Crippen LogP contribution in [0, 0.1) is 4.77 Å². The van der Waals surface area contributed by atoms with Crippen molar-refractivity contribution in [2.45, 2.75) is 44.7 Å². The van der Waals surface area contributed by atoms with Crippen LogP contribution in [0.2, 0.25) is 0 Å². The Hall–Kier alpha value is -2.32. The maximum absolute atomic E-state index is 13.6. The van der Waals surface area contributed by atoms with Gasteiger partial charge in [-0.25, -0.2) is 0 Å². The Morgan fingerprint density at radius 2 is 2.11 bits per heavy atom. The minimum atomic E-state index is -0.425. The third kappa shape index (κ3) is 3.66. The second-order valence-electron chi connectivity index (χ2n) is 7.05. The zero-order chi connectivity index (χ0) is 19.5. The van der Waals surface area contributed by atoms with E-state index < -0.39 is 6.04 Å². The number of aromatic nitrogens is 4. The zero-order valence-corrected chi connectivity index (χ0v) is 17.4. The zero-order valence-electron chi connectivity index (χ0n) is 15.7. The Kier molecular flexibility index (Phi) is 5.68. The van der Waals surface area contributed by atoms with Gasteiger partial charge in [-0.1, -0.05) is 18.9 Å². The van der Waals surface area contributed by atoms with E-state index in [2.05, 4.69) is 15.2 Å². The quantitative estimate of drug-likeness (QED) is 0.626. The molecule has 6 nitrogen and oxygen atoms in total. The van der Waals surface area contributed by atoms with Crippen LogP contribution in [0.15, 0.2) is 42.0 Å². The first-order chi connectivity index (χ1) is 13.7. The summed E-state index contributed by atoms with van der Waals surface area (Å²) in [6, 6.07) is 7.65. The lowest BCUT2D eigenvalue weighted by Crippen LogP contribution is -2.39. The number of hydrogen-bond acceptors (Lipinski definition) is 5. The van der Waals surface area contributed by atoms with Crippen molar-refractivity contribution in [2.75, 3.05) is 6.54 Å². The van der Waals surface area contributed by atoms with E-state index in [0.29, 0.717) is 4.77 Å². The molecule has 1 saturated heterocycles. The average Bonchev–Trinajstić information content (AvgIpc) is 3.31. The van der Waals surface area contributed by atoms with Gasteiger partial charge in [-0.05, 0) is 61.1 Å². The summed E-state index contributed by atoms with van der Waals surface area (Å²) in [5, 5.41) is 9.24. The van der Waals surface area contributed by atoms with Gasteiger partial charge < -0.3 is 4.90 Å². The number of nitrogens with one attached hydrogen (secondary N) is 1. The molecule has 1 N–H and O–H groups in total. The molecule has 8 heteroatoms. The van der Waals surface area contributed by atoms with Crippen molar-refractivity contribution in [2.24, 2.45) is 0 Å². The highest BCUT2D eigenvalue weighted by molar-refractivity contribution is 7.71. The fraction of sp³-hybridized carbons (Fsp3) is 0.400. The summed E-state index contributed by atoms with van der Waals surface area (Å²) in [5.41, 5.74) is 1.15. The molecule has 2 unspecified atom stereocenters. The molecule has 4 heterocycles. The first-order valence-corrected chi connectivity index (χ1v) is 10.9. The van der Waals surface area contributed by atoms with Gasteiger partial charge in [0.1, 0.15) is 6.04 Å². The number of rotatable bonds is 4. The average molecular weight is 414 g/mol. The summed E-state index contributed by atoms with van der Waals surface area (Å²) >= 11 is 7.05. The molecule has 28 heavy (non-hydrogen) atoms. The molecule has 146 valence electrons. The van der Waals surface area contributed by atoms with E-state index in [1.165, 1.54) is 0 Å². The maximum Gasteiger partial charge on any atom is 0.246 e. The lowest BCUT2D eigenvalue weighted by atomic mass is 10.0. The Morgan fingerprint density at radius 3 is 2.86 bits per heavy atom. The Labute approximate surface area is 173 Å². The summed E-state index contributed by atoms with van der Waals surface area (Å²) in [6.45, 7) is 2.68. The number of amides is 1. The fourth-order valence-electron chi connectivity index (χ4n) is 3.90. The summed E-state index contributed by atoms with van der Waals surface area (Å²) < 4.78 is 2.32. The van der Waals surface area contributed by atoms with Crippen molar-refractivity contribution in [1.29, 1.82) is 0 Å². The predicted molar refractivity (Wildman–Crippen MR) is 113 cm³/mol. The van der Waals surface area contributed by atoms with E-state index in [9.17, 15) is 4.79 Å². The molecule has 4 rings (SSSR count). The topological polar surface area (TPSA) is 66.8 Å². The second kappa shape index (κ2) is 8.36. The van der Waals surface area contributed by atoms with Gasteiger partial charge in [0, 0.05) is 18.9 Å². The normalized spacial score (nSPS) is 18.6. The van der Waals surface area contributed by atoms with Crippen LogP contribution in [0.25, 0.3) is 10.7 Å². The van der Waals surface area contributed by atoms with E-state index in [1.54, 1.807) is 23.7 Å². The molecule has 1 aliphatic heterocycles. The fourth-order valence-corrected chi connectivity index (χ4v) is 4.90. The van der Waals surface area contributed by atoms with E-state index in [4.69, 9.17) is 12.2 Å². The van der Waals surface area contributed by atoms with Crippen LogP contribution in [0.5, 0.6) is 0 Å². The first kappa shape index (κ1) is 19.0. The number of hydrogen-bond donors (Lipinski definition) is 1. The summed E-state index contributed by atoms with van der Waals surface area (Å²) in [6.07, 6.45) is 7.86. The van der Waals surface area contributed by atoms with Crippen molar-refractivity contribution in [3.8, 4) is 10.7 Å². The lowest BCUT2D eigenvalue weighted by Gasteiger charge is -2.33. The van der Waals surface area contributed by atoms with Gasteiger partial charge in [0.15, 0.2) is 10.6 Å². The van der Waals surface area contributed by atoms with Gasteiger partial charge >= 0.3 is 0 Å². The lowest BCUT2D eigenvalue weighted by molar-refractivity contribution is -0.136. The summed E-state index contributed by atoms with van der Waals surface area (Å²) in [4.78, 5) is 20.8. The van der Waals surface area contributed by atoms with Crippen LogP contribution in [0.1, 0.15) is 50.3 Å². The van der Waals surface area contributed by atoms with Crippen LogP contribution < -0.4 is 0 Å². The van der Waals surface area contributed by atoms with Gasteiger partial charge in [0.2, 0.25) is 5.91 Å². The van der Waals surface area contributed by atoms with Gasteiger partial charge in [0.05, 0.1) is 10.9 Å². The monoisotopic (exact) mass is 413 g/mol. The minimum Gasteiger partial charge on any atom is -0.334 e. The second-order valence-corrected chi connectivity index (χ2v) is 8.39. The molecule has 0 radical (unpaired) electrons. The summed E-state index contributed by atoms with van der Waals surface area (Å²) in [7, 11) is 0. The van der Waals surface area contributed by atoms with Crippen LogP contribution in [-0.4, -0.2) is 37.1 Å². The Morgan fingerprint density at radius 1 is 1.29 bits per heavy atom. The van der Waals surface area contributed by atoms with Crippen molar-refractivity contribution >= 4 is 29.5 Å². The van der Waals surface area contributed by atoms with Gasteiger partial charge in [0.25, 0.3) is 0 Å². The van der Waals surface area contributed by atoms with Crippen molar-refractivity contribution in [3.05, 3.63) is 52.4 Å². The number of carbonyl (C=O) groups is 1. The van der Waals surface area contributed by atoms with Crippen molar-refractivity contribution < 1.29 is 4.79 Å². The molecular weight excluding hydrogens is 390 g/mol. The third-order valence-electron chi connectivity index (χ3n) is 5.32. The number of carbonyl (C=O) groups excluding carboxylic acids is 1. The van der Waals surface area contributed by atoms with E-state index in [1.807, 2.05) is 46.0 Å². The Balaban J connectivity index is 1.68. The van der Waals surface area contributed by atoms with Crippen LogP contribution in [0.3, 0.4) is 0 Å².